The maximum absolute atomic E-state index is 13.2. The first-order valence-electron chi connectivity index (χ1n) is 10.7. The van der Waals surface area contributed by atoms with Crippen molar-refractivity contribution in [1.29, 1.82) is 0 Å². The van der Waals surface area contributed by atoms with Gasteiger partial charge >= 0.3 is 0 Å². The van der Waals surface area contributed by atoms with Crippen LogP contribution in [-0.2, 0) is 16.0 Å². The molecule has 1 fully saturated rings. The molecular formula is C23H30ClN5O2. The van der Waals surface area contributed by atoms with Crippen molar-refractivity contribution < 1.29 is 9.53 Å². The topological polar surface area (TPSA) is 78.9 Å². The number of hydrogen-bond donors (Lipinski definition) is 2. The maximum Gasteiger partial charge on any atom is 0.232 e. The van der Waals surface area contributed by atoms with Crippen molar-refractivity contribution in [3.05, 3.63) is 64.9 Å². The van der Waals surface area contributed by atoms with Crippen LogP contribution in [0.4, 0.5) is 0 Å². The van der Waals surface area contributed by atoms with Crippen LogP contribution in [0.2, 0.25) is 5.15 Å². The standard InChI is InChI=1S/C23H30ClN5O2/c1-2-25-23(26-11-10-18-8-9-21(24)27-16-18)28-17-20(19-6-4-3-5-7-19)22(30)29-12-14-31-15-13-29/h3-9,16,20H,2,10-15,17H2,1H3,(H2,25,26,28). The maximum atomic E-state index is 13.2. The van der Waals surface area contributed by atoms with E-state index >= 15 is 0 Å². The molecule has 0 spiro atoms. The Morgan fingerprint density at radius 3 is 2.65 bits per heavy atom. The lowest BCUT2D eigenvalue weighted by Crippen LogP contribution is -2.44. The number of carbonyl (C=O) groups is 1. The van der Waals surface area contributed by atoms with Gasteiger partial charge in [-0.05, 0) is 30.5 Å². The average molecular weight is 444 g/mol. The Labute approximate surface area is 188 Å². The second-order valence-electron chi connectivity index (χ2n) is 7.29. The summed E-state index contributed by atoms with van der Waals surface area (Å²) in [5.41, 5.74) is 2.07. The highest BCUT2D eigenvalue weighted by atomic mass is 35.5. The summed E-state index contributed by atoms with van der Waals surface area (Å²) in [6.45, 7) is 6.25. The molecule has 1 aliphatic heterocycles. The number of morpholine rings is 1. The monoisotopic (exact) mass is 443 g/mol. The summed E-state index contributed by atoms with van der Waals surface area (Å²) in [7, 11) is 0. The minimum Gasteiger partial charge on any atom is -0.378 e. The summed E-state index contributed by atoms with van der Waals surface area (Å²) in [6, 6.07) is 13.6. The van der Waals surface area contributed by atoms with E-state index in [1.54, 1.807) is 12.3 Å². The number of pyridine rings is 1. The molecule has 2 aromatic rings. The van der Waals surface area contributed by atoms with E-state index in [1.807, 2.05) is 48.2 Å². The molecule has 1 amide bonds. The molecule has 0 radical (unpaired) electrons. The summed E-state index contributed by atoms with van der Waals surface area (Å²) >= 11 is 5.85. The second kappa shape index (κ2) is 12.3. The van der Waals surface area contributed by atoms with Crippen LogP contribution in [0.25, 0.3) is 0 Å². The van der Waals surface area contributed by atoms with Crippen LogP contribution in [0.3, 0.4) is 0 Å². The van der Waals surface area contributed by atoms with Gasteiger partial charge in [0.15, 0.2) is 5.96 Å². The van der Waals surface area contributed by atoms with E-state index in [9.17, 15) is 4.79 Å². The average Bonchev–Trinajstić information content (AvgIpc) is 2.81. The molecule has 1 unspecified atom stereocenters. The van der Waals surface area contributed by atoms with Gasteiger partial charge in [0.05, 0.1) is 25.7 Å². The van der Waals surface area contributed by atoms with Crippen LogP contribution >= 0.6 is 11.6 Å². The van der Waals surface area contributed by atoms with Crippen LogP contribution < -0.4 is 10.6 Å². The molecule has 8 heteroatoms. The van der Waals surface area contributed by atoms with Gasteiger partial charge in [0.2, 0.25) is 5.91 Å². The number of halogens is 1. The first-order valence-corrected chi connectivity index (χ1v) is 11.1. The lowest BCUT2D eigenvalue weighted by Gasteiger charge is -2.30. The highest BCUT2D eigenvalue weighted by molar-refractivity contribution is 6.29. The minimum absolute atomic E-state index is 0.0985. The fourth-order valence-corrected chi connectivity index (χ4v) is 3.53. The van der Waals surface area contributed by atoms with Gasteiger partial charge in [-0.1, -0.05) is 48.0 Å². The van der Waals surface area contributed by atoms with Gasteiger partial charge in [-0.2, -0.15) is 0 Å². The first kappa shape index (κ1) is 23.0. The van der Waals surface area contributed by atoms with E-state index in [1.165, 1.54) is 0 Å². The minimum atomic E-state index is -0.324. The molecule has 166 valence electrons. The lowest BCUT2D eigenvalue weighted by atomic mass is 9.97. The number of carbonyl (C=O) groups excluding carboxylic acids is 1. The number of hydrogen-bond acceptors (Lipinski definition) is 4. The van der Waals surface area contributed by atoms with E-state index in [-0.39, 0.29) is 11.8 Å². The summed E-state index contributed by atoms with van der Waals surface area (Å²) in [6.07, 6.45) is 2.57. The van der Waals surface area contributed by atoms with Gasteiger partial charge in [-0.15, -0.1) is 0 Å². The zero-order chi connectivity index (χ0) is 21.9. The Morgan fingerprint density at radius 1 is 1.19 bits per heavy atom. The van der Waals surface area contributed by atoms with E-state index in [0.29, 0.717) is 50.5 Å². The Kier molecular flexibility index (Phi) is 9.12. The zero-order valence-electron chi connectivity index (χ0n) is 17.9. The Hall–Kier alpha value is -2.64. The van der Waals surface area contributed by atoms with Gasteiger partial charge in [-0.3, -0.25) is 9.79 Å². The largest absolute Gasteiger partial charge is 0.378 e. The third-order valence-electron chi connectivity index (χ3n) is 5.09. The quantitative estimate of drug-likeness (QED) is 0.372. The third kappa shape index (κ3) is 7.22. The van der Waals surface area contributed by atoms with E-state index < -0.39 is 0 Å². The fourth-order valence-electron chi connectivity index (χ4n) is 3.42. The molecule has 1 aliphatic rings. The number of amides is 1. The number of guanidine groups is 1. The van der Waals surface area contributed by atoms with Crippen molar-refractivity contribution in [2.45, 2.75) is 19.3 Å². The molecule has 1 aromatic heterocycles. The fraction of sp³-hybridized carbons (Fsp3) is 0.435. The first-order chi connectivity index (χ1) is 15.2. The van der Waals surface area contributed by atoms with Gasteiger partial charge in [-0.25, -0.2) is 4.98 Å². The summed E-state index contributed by atoms with van der Waals surface area (Å²) in [5.74, 6) is 0.469. The van der Waals surface area contributed by atoms with Crippen molar-refractivity contribution in [3.8, 4) is 0 Å². The lowest BCUT2D eigenvalue weighted by molar-refractivity contribution is -0.136. The van der Waals surface area contributed by atoms with Gasteiger partial charge in [0.1, 0.15) is 5.15 Å². The number of nitrogens with zero attached hydrogens (tertiary/aromatic N) is 3. The highest BCUT2D eigenvalue weighted by Gasteiger charge is 2.27. The molecule has 3 rings (SSSR count). The molecule has 1 aromatic carbocycles. The number of nitrogens with one attached hydrogen (secondary N) is 2. The van der Waals surface area contributed by atoms with Crippen LogP contribution in [-0.4, -0.2) is 67.7 Å². The molecule has 2 N–H and O–H groups in total. The number of rotatable bonds is 8. The molecule has 7 nitrogen and oxygen atoms in total. The molecule has 1 saturated heterocycles. The SMILES string of the molecule is CCNC(=NCC(C(=O)N1CCOCC1)c1ccccc1)NCCc1ccc(Cl)nc1. The van der Waals surface area contributed by atoms with Crippen LogP contribution in [0.15, 0.2) is 53.7 Å². The van der Waals surface area contributed by atoms with Crippen molar-refractivity contribution in [3.63, 3.8) is 0 Å². The molecule has 2 heterocycles. The molecule has 1 atom stereocenters. The van der Waals surface area contributed by atoms with Crippen molar-refractivity contribution in [2.24, 2.45) is 4.99 Å². The Morgan fingerprint density at radius 2 is 1.97 bits per heavy atom. The summed E-state index contributed by atoms with van der Waals surface area (Å²) in [5, 5.41) is 7.09. The third-order valence-corrected chi connectivity index (χ3v) is 5.32. The molecule has 0 aliphatic carbocycles. The zero-order valence-corrected chi connectivity index (χ0v) is 18.6. The van der Waals surface area contributed by atoms with Gasteiger partial charge in [0, 0.05) is 32.4 Å². The molecular weight excluding hydrogens is 414 g/mol. The number of benzene rings is 1. The number of aromatic nitrogens is 1. The summed E-state index contributed by atoms with van der Waals surface area (Å²) in [4.78, 5) is 24.0. The van der Waals surface area contributed by atoms with Gasteiger partial charge < -0.3 is 20.3 Å². The summed E-state index contributed by atoms with van der Waals surface area (Å²) < 4.78 is 5.40. The van der Waals surface area contributed by atoms with Gasteiger partial charge in [0.25, 0.3) is 0 Å². The predicted octanol–water partition coefficient (Wildman–Crippen LogP) is 2.48. The van der Waals surface area contributed by atoms with Crippen LogP contribution in [0, 0.1) is 0 Å². The molecule has 0 bridgehead atoms. The van der Waals surface area contributed by atoms with Crippen LogP contribution in [0.5, 0.6) is 0 Å². The smallest absolute Gasteiger partial charge is 0.232 e. The molecule has 31 heavy (non-hydrogen) atoms. The number of ether oxygens (including phenoxy) is 1. The Bertz CT molecular complexity index is 839. The van der Waals surface area contributed by atoms with E-state index in [2.05, 4.69) is 15.6 Å². The normalized spacial score (nSPS) is 15.4. The van der Waals surface area contributed by atoms with Crippen molar-refractivity contribution in [1.82, 2.24) is 20.5 Å². The second-order valence-corrected chi connectivity index (χ2v) is 7.67. The van der Waals surface area contributed by atoms with E-state index in [0.717, 1.165) is 24.1 Å². The van der Waals surface area contributed by atoms with Crippen molar-refractivity contribution >= 4 is 23.5 Å². The Balaban J connectivity index is 1.66. The predicted molar refractivity (Wildman–Crippen MR) is 124 cm³/mol. The molecule has 0 saturated carbocycles. The highest BCUT2D eigenvalue weighted by Crippen LogP contribution is 2.20. The number of aliphatic imine (C=N–C) groups is 1. The van der Waals surface area contributed by atoms with Crippen LogP contribution in [0.1, 0.15) is 24.0 Å². The van der Waals surface area contributed by atoms with Crippen molar-refractivity contribution in [2.75, 3.05) is 45.9 Å². The van der Waals surface area contributed by atoms with E-state index in [4.69, 9.17) is 21.3 Å².